The highest BCUT2D eigenvalue weighted by molar-refractivity contribution is 7.09. The molecule has 0 radical (unpaired) electrons. The van der Waals surface area contributed by atoms with E-state index in [9.17, 15) is 4.79 Å². The number of hydrogen-bond donors (Lipinski definition) is 0. The summed E-state index contributed by atoms with van der Waals surface area (Å²) in [5, 5.41) is 2.84. The summed E-state index contributed by atoms with van der Waals surface area (Å²) in [6.45, 7) is 6.22. The second-order valence-corrected chi connectivity index (χ2v) is 12.0. The average Bonchev–Trinajstić information content (AvgIpc) is 3.56. The third kappa shape index (κ3) is 9.17. The Balaban J connectivity index is 1.18. The second kappa shape index (κ2) is 16.2. The van der Waals surface area contributed by atoms with E-state index in [4.69, 9.17) is 19.2 Å². The molecule has 0 unspecified atom stereocenters. The Labute approximate surface area is 270 Å². The molecule has 1 saturated heterocycles. The number of thiazole rings is 1. The summed E-state index contributed by atoms with van der Waals surface area (Å²) >= 11 is 1.55. The summed E-state index contributed by atoms with van der Waals surface area (Å²) in [6.07, 6.45) is 5.18. The fourth-order valence-electron chi connectivity index (χ4n) is 5.40. The number of amides is 1. The highest BCUT2D eigenvalue weighted by Gasteiger charge is 2.24. The van der Waals surface area contributed by atoms with Gasteiger partial charge in [0.05, 0.1) is 27.9 Å². The molecule has 1 aliphatic rings. The van der Waals surface area contributed by atoms with Crippen LogP contribution in [0, 0.1) is 0 Å². The number of rotatable bonds is 14. The third-order valence-corrected chi connectivity index (χ3v) is 8.83. The molecule has 45 heavy (non-hydrogen) atoms. The summed E-state index contributed by atoms with van der Waals surface area (Å²) in [6, 6.07) is 24.5. The average molecular weight is 627 g/mol. The fourth-order valence-corrected chi connectivity index (χ4v) is 6.21. The Morgan fingerprint density at radius 3 is 2.31 bits per heavy atom. The minimum atomic E-state index is 0.0176. The van der Waals surface area contributed by atoms with Gasteiger partial charge in [-0.2, -0.15) is 0 Å². The molecule has 0 saturated carbocycles. The van der Waals surface area contributed by atoms with Gasteiger partial charge in [0, 0.05) is 51.2 Å². The van der Waals surface area contributed by atoms with Crippen molar-refractivity contribution in [3.8, 4) is 17.2 Å². The van der Waals surface area contributed by atoms with Gasteiger partial charge in [-0.15, -0.1) is 11.3 Å². The molecule has 1 aliphatic heterocycles. The molecule has 4 aromatic rings. The van der Waals surface area contributed by atoms with Gasteiger partial charge in [-0.3, -0.25) is 14.6 Å². The molecule has 5 rings (SSSR count). The van der Waals surface area contributed by atoms with Crippen molar-refractivity contribution in [1.29, 1.82) is 0 Å². The molecule has 236 valence electrons. The van der Waals surface area contributed by atoms with Gasteiger partial charge >= 0.3 is 0 Å². The molecule has 0 atom stereocenters. The fraction of sp³-hybridized carbons (Fsp3) is 0.333. The predicted octanol–water partition coefficient (Wildman–Crippen LogP) is 5.89. The van der Waals surface area contributed by atoms with Crippen LogP contribution in [0.15, 0.2) is 84.3 Å². The van der Waals surface area contributed by atoms with Crippen LogP contribution >= 0.6 is 11.3 Å². The molecule has 1 aromatic heterocycles. The van der Waals surface area contributed by atoms with Gasteiger partial charge in [-0.05, 0) is 47.4 Å². The molecule has 0 spiro atoms. The highest BCUT2D eigenvalue weighted by atomic mass is 32.1. The van der Waals surface area contributed by atoms with E-state index in [2.05, 4.69) is 52.3 Å². The maximum absolute atomic E-state index is 13.4. The highest BCUT2D eigenvalue weighted by Crippen LogP contribution is 2.28. The van der Waals surface area contributed by atoms with Crippen molar-refractivity contribution in [3.05, 3.63) is 112 Å². The van der Waals surface area contributed by atoms with Crippen molar-refractivity contribution in [1.82, 2.24) is 19.7 Å². The zero-order valence-corrected chi connectivity index (χ0v) is 27.2. The van der Waals surface area contributed by atoms with Crippen LogP contribution in [0.5, 0.6) is 17.2 Å². The summed E-state index contributed by atoms with van der Waals surface area (Å²) < 4.78 is 16.3. The van der Waals surface area contributed by atoms with Crippen LogP contribution in [-0.2, 0) is 19.5 Å². The van der Waals surface area contributed by atoms with E-state index in [1.807, 2.05) is 52.7 Å². The van der Waals surface area contributed by atoms with Gasteiger partial charge in [0.2, 0.25) is 0 Å². The van der Waals surface area contributed by atoms with Crippen molar-refractivity contribution in [2.24, 2.45) is 0 Å². The van der Waals surface area contributed by atoms with E-state index in [0.717, 1.165) is 67.0 Å². The number of aromatic nitrogens is 1. The summed E-state index contributed by atoms with van der Waals surface area (Å²) in [5.74, 6) is 2.30. The van der Waals surface area contributed by atoms with Crippen molar-refractivity contribution in [2.45, 2.75) is 19.5 Å². The van der Waals surface area contributed by atoms with Gasteiger partial charge in [0.25, 0.3) is 5.91 Å². The molecule has 2 heterocycles. The van der Waals surface area contributed by atoms with Gasteiger partial charge in [-0.25, -0.2) is 4.98 Å². The minimum absolute atomic E-state index is 0.0176. The van der Waals surface area contributed by atoms with Gasteiger partial charge < -0.3 is 19.1 Å². The number of benzene rings is 3. The normalized spacial score (nSPS) is 13.8. The van der Waals surface area contributed by atoms with Crippen LogP contribution in [0.3, 0.4) is 0 Å². The SMILES string of the molecule is COc1ccc(CN(CCc2ccc(OC)c(OC)c2)Cc2nc(C(=O)N3CCN(C/C=C/c4ccccc4)CC3)cs2)cc1. The third-order valence-electron chi connectivity index (χ3n) is 7.99. The topological polar surface area (TPSA) is 67.4 Å². The van der Waals surface area contributed by atoms with E-state index in [1.54, 1.807) is 32.7 Å². The van der Waals surface area contributed by atoms with Crippen molar-refractivity contribution in [2.75, 3.05) is 60.6 Å². The number of carbonyl (C=O) groups is 1. The summed E-state index contributed by atoms with van der Waals surface area (Å²) in [5.41, 5.74) is 4.09. The first-order valence-electron chi connectivity index (χ1n) is 15.3. The first-order valence-corrected chi connectivity index (χ1v) is 16.2. The lowest BCUT2D eigenvalue weighted by atomic mass is 10.1. The monoisotopic (exact) mass is 626 g/mol. The smallest absolute Gasteiger partial charge is 0.273 e. The van der Waals surface area contributed by atoms with Gasteiger partial charge in [0.15, 0.2) is 11.5 Å². The lowest BCUT2D eigenvalue weighted by Crippen LogP contribution is -2.48. The van der Waals surface area contributed by atoms with E-state index >= 15 is 0 Å². The molecule has 3 aromatic carbocycles. The van der Waals surface area contributed by atoms with Crippen molar-refractivity contribution >= 4 is 23.3 Å². The van der Waals surface area contributed by atoms with Crippen LogP contribution in [0.1, 0.15) is 32.2 Å². The number of carbonyl (C=O) groups excluding carboxylic acids is 1. The largest absolute Gasteiger partial charge is 0.497 e. The zero-order chi connectivity index (χ0) is 31.4. The maximum Gasteiger partial charge on any atom is 0.273 e. The van der Waals surface area contributed by atoms with Crippen LogP contribution in [0.4, 0.5) is 0 Å². The van der Waals surface area contributed by atoms with Crippen LogP contribution in [0.2, 0.25) is 0 Å². The number of hydrogen-bond acceptors (Lipinski definition) is 8. The number of methoxy groups -OCH3 is 3. The number of ether oxygens (including phenoxy) is 3. The summed E-state index contributed by atoms with van der Waals surface area (Å²) in [7, 11) is 4.98. The van der Waals surface area contributed by atoms with Crippen molar-refractivity contribution in [3.63, 3.8) is 0 Å². The quantitative estimate of drug-likeness (QED) is 0.173. The Kier molecular flexibility index (Phi) is 11.6. The second-order valence-electron chi connectivity index (χ2n) is 11.0. The first kappa shape index (κ1) is 32.2. The van der Waals surface area contributed by atoms with Crippen LogP contribution < -0.4 is 14.2 Å². The van der Waals surface area contributed by atoms with Gasteiger partial charge in [0.1, 0.15) is 16.5 Å². The minimum Gasteiger partial charge on any atom is -0.497 e. The van der Waals surface area contributed by atoms with E-state index < -0.39 is 0 Å². The molecule has 0 N–H and O–H groups in total. The Bertz CT molecular complexity index is 1530. The van der Waals surface area contributed by atoms with E-state index in [-0.39, 0.29) is 5.91 Å². The summed E-state index contributed by atoms with van der Waals surface area (Å²) in [4.78, 5) is 24.9. The maximum atomic E-state index is 13.4. The zero-order valence-electron chi connectivity index (χ0n) is 26.4. The Morgan fingerprint density at radius 1 is 0.867 bits per heavy atom. The molecule has 8 nitrogen and oxygen atoms in total. The lowest BCUT2D eigenvalue weighted by Gasteiger charge is -2.33. The van der Waals surface area contributed by atoms with Crippen molar-refractivity contribution < 1.29 is 19.0 Å². The van der Waals surface area contributed by atoms with Crippen LogP contribution in [0.25, 0.3) is 6.08 Å². The molecular weight excluding hydrogens is 584 g/mol. The van der Waals surface area contributed by atoms with E-state index in [0.29, 0.717) is 25.3 Å². The van der Waals surface area contributed by atoms with Gasteiger partial charge in [-0.1, -0.05) is 60.7 Å². The van der Waals surface area contributed by atoms with E-state index in [1.165, 1.54) is 11.1 Å². The predicted molar refractivity (Wildman–Crippen MR) is 180 cm³/mol. The number of nitrogens with zero attached hydrogens (tertiary/aromatic N) is 4. The molecular formula is C36H42N4O4S. The molecule has 1 fully saturated rings. The molecule has 9 heteroatoms. The lowest BCUT2D eigenvalue weighted by molar-refractivity contribution is 0.0645. The Morgan fingerprint density at radius 2 is 1.60 bits per heavy atom. The van der Waals surface area contributed by atoms with Crippen LogP contribution in [-0.4, -0.2) is 86.2 Å². The first-order chi connectivity index (χ1) is 22.0. The standard InChI is InChI=1S/C36H42N4O4S/c1-42-31-14-11-30(12-15-31)25-39(19-17-29-13-16-33(43-2)34(24-29)44-3)26-35-37-32(27-45-35)36(41)40-22-20-38(21-23-40)18-7-10-28-8-5-4-6-9-28/h4-16,24,27H,17-23,25-26H2,1-3H3/b10-7+. The molecule has 0 bridgehead atoms. The Hall–Kier alpha value is -4.18. The molecule has 0 aliphatic carbocycles. The molecule has 1 amide bonds. The number of piperazine rings is 1.